The van der Waals surface area contributed by atoms with Crippen LogP contribution >= 0.6 is 0 Å². The standard InChI is InChI=1S/C16H18N4O5/c1-9-15(20(22)23)10(2)19(18-9)11(3)16(21)17-12-4-5-13-14(8-12)25-7-6-24-13/h4-5,8,11H,6-7H2,1-3H3,(H,17,21). The molecular weight excluding hydrogens is 328 g/mol. The third kappa shape index (κ3) is 3.12. The van der Waals surface area contributed by atoms with Crippen LogP contribution in [-0.2, 0) is 4.79 Å². The van der Waals surface area contributed by atoms with Gasteiger partial charge in [-0.2, -0.15) is 5.10 Å². The number of aromatic nitrogens is 2. The molecule has 1 atom stereocenters. The number of nitrogens with one attached hydrogen (secondary N) is 1. The molecule has 0 aliphatic carbocycles. The summed E-state index contributed by atoms with van der Waals surface area (Å²) >= 11 is 0. The Kier molecular flexibility index (Phi) is 4.30. The Hall–Kier alpha value is -3.10. The maximum Gasteiger partial charge on any atom is 0.312 e. The maximum atomic E-state index is 12.5. The summed E-state index contributed by atoms with van der Waals surface area (Å²) in [6.45, 7) is 5.71. The molecule has 0 bridgehead atoms. The van der Waals surface area contributed by atoms with Crippen LogP contribution in [-0.4, -0.2) is 33.8 Å². The highest BCUT2D eigenvalue weighted by atomic mass is 16.6. The minimum Gasteiger partial charge on any atom is -0.486 e. The highest BCUT2D eigenvalue weighted by Gasteiger charge is 2.27. The first-order chi connectivity index (χ1) is 11.9. The number of nitrogens with zero attached hydrogens (tertiary/aromatic N) is 3. The molecule has 0 radical (unpaired) electrons. The van der Waals surface area contributed by atoms with E-state index < -0.39 is 11.0 Å². The number of ether oxygens (including phenoxy) is 2. The van der Waals surface area contributed by atoms with Crippen molar-refractivity contribution in [2.75, 3.05) is 18.5 Å². The molecule has 9 nitrogen and oxygen atoms in total. The lowest BCUT2D eigenvalue weighted by Crippen LogP contribution is -2.25. The second-order valence-electron chi connectivity index (χ2n) is 5.74. The highest BCUT2D eigenvalue weighted by Crippen LogP contribution is 2.33. The number of hydrogen-bond acceptors (Lipinski definition) is 6. The monoisotopic (exact) mass is 346 g/mol. The van der Waals surface area contributed by atoms with Gasteiger partial charge in [-0.25, -0.2) is 0 Å². The Morgan fingerprint density at radius 2 is 2.00 bits per heavy atom. The molecule has 1 aliphatic rings. The highest BCUT2D eigenvalue weighted by molar-refractivity contribution is 5.93. The van der Waals surface area contributed by atoms with Gasteiger partial charge in [0, 0.05) is 11.8 Å². The fourth-order valence-corrected chi connectivity index (χ4v) is 2.77. The molecule has 2 heterocycles. The van der Waals surface area contributed by atoms with Crippen molar-refractivity contribution in [3.63, 3.8) is 0 Å². The largest absolute Gasteiger partial charge is 0.486 e. The van der Waals surface area contributed by atoms with Crippen molar-refractivity contribution in [3.05, 3.63) is 39.7 Å². The number of nitro groups is 1. The van der Waals surface area contributed by atoms with Crippen LogP contribution in [0.15, 0.2) is 18.2 Å². The van der Waals surface area contributed by atoms with Crippen molar-refractivity contribution < 1.29 is 19.2 Å². The van der Waals surface area contributed by atoms with Gasteiger partial charge < -0.3 is 14.8 Å². The third-order valence-electron chi connectivity index (χ3n) is 4.03. The van der Waals surface area contributed by atoms with Gasteiger partial charge in [-0.15, -0.1) is 0 Å². The molecule has 3 rings (SSSR count). The number of hydrogen-bond donors (Lipinski definition) is 1. The normalized spacial score (nSPS) is 14.0. The summed E-state index contributed by atoms with van der Waals surface area (Å²) in [5.41, 5.74) is 1.10. The second-order valence-corrected chi connectivity index (χ2v) is 5.74. The van der Waals surface area contributed by atoms with Crippen molar-refractivity contribution in [2.24, 2.45) is 0 Å². The van der Waals surface area contributed by atoms with E-state index in [1.165, 1.54) is 4.68 Å². The molecule has 0 saturated carbocycles. The van der Waals surface area contributed by atoms with Gasteiger partial charge in [0.15, 0.2) is 11.5 Å². The minimum atomic E-state index is -0.708. The van der Waals surface area contributed by atoms with E-state index in [1.807, 2.05) is 0 Å². The number of amides is 1. The molecular formula is C16H18N4O5. The van der Waals surface area contributed by atoms with E-state index in [1.54, 1.807) is 39.0 Å². The first kappa shape index (κ1) is 16.7. The van der Waals surface area contributed by atoms with Crippen LogP contribution in [0.1, 0.15) is 24.4 Å². The van der Waals surface area contributed by atoms with E-state index in [-0.39, 0.29) is 17.3 Å². The van der Waals surface area contributed by atoms with Gasteiger partial charge >= 0.3 is 5.69 Å². The fraction of sp³-hybridized carbons (Fsp3) is 0.375. The maximum absolute atomic E-state index is 12.5. The second kappa shape index (κ2) is 6.42. The quantitative estimate of drug-likeness (QED) is 0.672. The Labute approximate surface area is 143 Å². The number of rotatable bonds is 4. The Balaban J connectivity index is 1.79. The molecule has 0 saturated heterocycles. The van der Waals surface area contributed by atoms with Crippen molar-refractivity contribution >= 4 is 17.3 Å². The summed E-state index contributed by atoms with van der Waals surface area (Å²) in [5, 5.41) is 18.0. The van der Waals surface area contributed by atoms with Crippen LogP contribution in [0.4, 0.5) is 11.4 Å². The van der Waals surface area contributed by atoms with E-state index in [0.29, 0.717) is 36.1 Å². The molecule has 1 unspecified atom stereocenters. The van der Waals surface area contributed by atoms with Crippen LogP contribution < -0.4 is 14.8 Å². The van der Waals surface area contributed by atoms with Crippen molar-refractivity contribution in [1.82, 2.24) is 9.78 Å². The van der Waals surface area contributed by atoms with Crippen molar-refractivity contribution in [2.45, 2.75) is 26.8 Å². The first-order valence-electron chi connectivity index (χ1n) is 7.79. The average molecular weight is 346 g/mol. The van der Waals surface area contributed by atoms with Gasteiger partial charge in [-0.05, 0) is 32.9 Å². The molecule has 2 aromatic rings. The lowest BCUT2D eigenvalue weighted by Gasteiger charge is -2.19. The fourth-order valence-electron chi connectivity index (χ4n) is 2.77. The third-order valence-corrected chi connectivity index (χ3v) is 4.03. The average Bonchev–Trinajstić information content (AvgIpc) is 2.88. The predicted octanol–water partition coefficient (Wildman–Crippen LogP) is 2.38. The van der Waals surface area contributed by atoms with Gasteiger partial charge in [0.25, 0.3) is 0 Å². The van der Waals surface area contributed by atoms with Gasteiger partial charge in [-0.3, -0.25) is 19.6 Å². The van der Waals surface area contributed by atoms with Crippen LogP contribution in [0.3, 0.4) is 0 Å². The zero-order valence-corrected chi connectivity index (χ0v) is 14.1. The van der Waals surface area contributed by atoms with Crippen LogP contribution in [0.2, 0.25) is 0 Å². The first-order valence-corrected chi connectivity index (χ1v) is 7.79. The number of aryl methyl sites for hydroxylation is 1. The molecule has 9 heteroatoms. The zero-order valence-electron chi connectivity index (χ0n) is 14.1. The SMILES string of the molecule is Cc1nn(C(C)C(=O)Nc2ccc3c(c2)OCCO3)c(C)c1[N+](=O)[O-]. The summed E-state index contributed by atoms with van der Waals surface area (Å²) in [6, 6.07) is 4.41. The number of carbonyl (C=O) groups excluding carboxylic acids is 1. The summed E-state index contributed by atoms with van der Waals surface area (Å²) in [5.74, 6) is 0.863. The molecule has 132 valence electrons. The summed E-state index contributed by atoms with van der Waals surface area (Å²) in [4.78, 5) is 23.1. The molecule has 1 aromatic carbocycles. The van der Waals surface area contributed by atoms with Gasteiger partial charge in [0.05, 0.1) is 4.92 Å². The smallest absolute Gasteiger partial charge is 0.312 e. The van der Waals surface area contributed by atoms with Gasteiger partial charge in [0.2, 0.25) is 5.91 Å². The lowest BCUT2D eigenvalue weighted by atomic mass is 10.2. The molecule has 1 aliphatic heterocycles. The van der Waals surface area contributed by atoms with E-state index in [0.717, 1.165) is 0 Å². The van der Waals surface area contributed by atoms with E-state index in [4.69, 9.17) is 9.47 Å². The molecule has 1 amide bonds. The van der Waals surface area contributed by atoms with E-state index in [9.17, 15) is 14.9 Å². The lowest BCUT2D eigenvalue weighted by molar-refractivity contribution is -0.386. The number of carbonyl (C=O) groups is 1. The number of fused-ring (bicyclic) bond motifs is 1. The molecule has 1 aromatic heterocycles. The summed E-state index contributed by atoms with van der Waals surface area (Å²) < 4.78 is 12.3. The van der Waals surface area contributed by atoms with Crippen molar-refractivity contribution in [1.29, 1.82) is 0 Å². The summed E-state index contributed by atoms with van der Waals surface area (Å²) in [6.07, 6.45) is 0. The molecule has 1 N–H and O–H groups in total. The minimum absolute atomic E-state index is 0.0704. The van der Waals surface area contributed by atoms with Crippen LogP contribution in [0.25, 0.3) is 0 Å². The Morgan fingerprint density at radius 1 is 1.32 bits per heavy atom. The summed E-state index contributed by atoms with van der Waals surface area (Å²) in [7, 11) is 0. The number of benzene rings is 1. The van der Waals surface area contributed by atoms with E-state index in [2.05, 4.69) is 10.4 Å². The van der Waals surface area contributed by atoms with E-state index >= 15 is 0 Å². The topological polar surface area (TPSA) is 109 Å². The molecule has 0 spiro atoms. The predicted molar refractivity (Wildman–Crippen MR) is 89.1 cm³/mol. The molecule has 0 fully saturated rings. The Bertz CT molecular complexity index is 845. The van der Waals surface area contributed by atoms with Gasteiger partial charge in [-0.1, -0.05) is 0 Å². The van der Waals surface area contributed by atoms with Crippen LogP contribution in [0.5, 0.6) is 11.5 Å². The van der Waals surface area contributed by atoms with Crippen LogP contribution in [0, 0.1) is 24.0 Å². The van der Waals surface area contributed by atoms with Gasteiger partial charge in [0.1, 0.15) is 30.6 Å². The number of anilines is 1. The molecule has 25 heavy (non-hydrogen) atoms. The Morgan fingerprint density at radius 3 is 2.64 bits per heavy atom. The van der Waals surface area contributed by atoms with Crippen molar-refractivity contribution in [3.8, 4) is 11.5 Å². The zero-order chi connectivity index (χ0) is 18.1.